The van der Waals surface area contributed by atoms with E-state index in [0.29, 0.717) is 0 Å². The maximum Gasteiger partial charge on any atom is 0.0100 e. The van der Waals surface area contributed by atoms with E-state index >= 15 is 0 Å². The Morgan fingerprint density at radius 2 is 1.50 bits per heavy atom. The smallest absolute Gasteiger partial charge is 0.0100 e. The van der Waals surface area contributed by atoms with Crippen LogP contribution in [0, 0.1) is 29.6 Å². The highest BCUT2D eigenvalue weighted by Gasteiger charge is 2.50. The van der Waals surface area contributed by atoms with Crippen molar-refractivity contribution in [2.45, 2.75) is 71.3 Å². The van der Waals surface area contributed by atoms with E-state index in [9.17, 15) is 0 Å². The average molecular weight is 249 g/mol. The monoisotopic (exact) mass is 249 g/mol. The van der Waals surface area contributed by atoms with Crippen molar-refractivity contribution in [3.05, 3.63) is 0 Å². The lowest BCUT2D eigenvalue weighted by Crippen LogP contribution is -2.53. The Hall–Kier alpha value is -0.0400. The Morgan fingerprint density at radius 3 is 2.00 bits per heavy atom. The van der Waals surface area contributed by atoms with Crippen molar-refractivity contribution in [3.63, 3.8) is 0 Å². The van der Waals surface area contributed by atoms with Gasteiger partial charge in [-0.1, -0.05) is 20.3 Å². The lowest BCUT2D eigenvalue weighted by molar-refractivity contribution is -0.0529. The lowest BCUT2D eigenvalue weighted by atomic mass is 9.50. The zero-order chi connectivity index (χ0) is 12.5. The number of hydrogen-bond acceptors (Lipinski definition) is 1. The van der Waals surface area contributed by atoms with E-state index in [0.717, 1.165) is 35.6 Å². The van der Waals surface area contributed by atoms with E-state index in [1.54, 1.807) is 32.1 Å². The van der Waals surface area contributed by atoms with Gasteiger partial charge in [0.15, 0.2) is 0 Å². The molecule has 0 amide bonds. The maximum atomic E-state index is 3.90. The molecule has 4 fully saturated rings. The van der Waals surface area contributed by atoms with Crippen LogP contribution in [-0.2, 0) is 0 Å². The summed E-state index contributed by atoms with van der Waals surface area (Å²) in [5.41, 5.74) is 0. The molecule has 4 saturated carbocycles. The molecule has 0 aromatic rings. The van der Waals surface area contributed by atoms with Crippen molar-refractivity contribution >= 4 is 0 Å². The summed E-state index contributed by atoms with van der Waals surface area (Å²) < 4.78 is 0. The minimum Gasteiger partial charge on any atom is -0.314 e. The number of hydrogen-bond donors (Lipinski definition) is 1. The molecule has 4 aliphatic carbocycles. The molecule has 0 heterocycles. The molecule has 0 radical (unpaired) electrons. The fourth-order valence-corrected chi connectivity index (χ4v) is 5.70. The minimum absolute atomic E-state index is 0.838. The molecule has 1 atom stereocenters. The largest absolute Gasteiger partial charge is 0.314 e. The SMILES string of the molecule is CCCNC(CCC)C1C2CC3CC(C2)CC1C3. The third kappa shape index (κ3) is 2.35. The minimum atomic E-state index is 0.838. The molecule has 0 aliphatic heterocycles. The van der Waals surface area contributed by atoms with E-state index < -0.39 is 0 Å². The van der Waals surface area contributed by atoms with Crippen molar-refractivity contribution in [3.8, 4) is 0 Å². The molecule has 4 bridgehead atoms. The van der Waals surface area contributed by atoms with Gasteiger partial charge in [0.25, 0.3) is 0 Å². The van der Waals surface area contributed by atoms with Gasteiger partial charge in [0.1, 0.15) is 0 Å². The van der Waals surface area contributed by atoms with Gasteiger partial charge in [0, 0.05) is 6.04 Å². The van der Waals surface area contributed by atoms with E-state index in [1.807, 2.05) is 0 Å². The summed E-state index contributed by atoms with van der Waals surface area (Å²) in [5.74, 6) is 5.45. The summed E-state index contributed by atoms with van der Waals surface area (Å²) >= 11 is 0. The quantitative estimate of drug-likeness (QED) is 0.743. The van der Waals surface area contributed by atoms with Crippen molar-refractivity contribution in [1.82, 2.24) is 5.32 Å². The summed E-state index contributed by atoms with van der Waals surface area (Å²) in [7, 11) is 0. The highest BCUT2D eigenvalue weighted by molar-refractivity contribution is 5.01. The van der Waals surface area contributed by atoms with Gasteiger partial charge in [-0.05, 0) is 81.1 Å². The summed E-state index contributed by atoms with van der Waals surface area (Å²) in [4.78, 5) is 0. The van der Waals surface area contributed by atoms with Crippen LogP contribution in [0.4, 0.5) is 0 Å². The van der Waals surface area contributed by atoms with Gasteiger partial charge in [-0.2, -0.15) is 0 Å². The lowest BCUT2D eigenvalue weighted by Gasteiger charge is -2.56. The van der Waals surface area contributed by atoms with E-state index in [2.05, 4.69) is 19.2 Å². The van der Waals surface area contributed by atoms with Crippen LogP contribution >= 0.6 is 0 Å². The summed E-state index contributed by atoms with van der Waals surface area (Å²) in [5, 5.41) is 3.90. The van der Waals surface area contributed by atoms with E-state index in [-0.39, 0.29) is 0 Å². The Kier molecular flexibility index (Phi) is 3.98. The topological polar surface area (TPSA) is 12.0 Å². The van der Waals surface area contributed by atoms with Gasteiger partial charge in [0.05, 0.1) is 0 Å². The molecule has 0 spiro atoms. The first-order chi connectivity index (χ1) is 8.81. The molecule has 0 aromatic carbocycles. The van der Waals surface area contributed by atoms with Crippen LogP contribution in [0.15, 0.2) is 0 Å². The summed E-state index contributed by atoms with van der Waals surface area (Å²) in [6.07, 6.45) is 11.9. The van der Waals surface area contributed by atoms with E-state index in [1.165, 1.54) is 25.8 Å². The van der Waals surface area contributed by atoms with Crippen LogP contribution in [0.3, 0.4) is 0 Å². The third-order valence-corrected chi connectivity index (χ3v) is 6.02. The fraction of sp³-hybridized carbons (Fsp3) is 1.00. The van der Waals surface area contributed by atoms with Gasteiger partial charge in [0.2, 0.25) is 0 Å². The zero-order valence-electron chi connectivity index (χ0n) is 12.3. The molecule has 1 nitrogen and oxygen atoms in total. The normalized spacial score (nSPS) is 43.3. The zero-order valence-corrected chi connectivity index (χ0v) is 12.3. The molecule has 0 aromatic heterocycles. The Bertz CT molecular complexity index is 245. The maximum absolute atomic E-state index is 3.90. The molecular formula is C17H31N. The first-order valence-electron chi connectivity index (χ1n) is 8.55. The number of rotatable bonds is 6. The van der Waals surface area contributed by atoms with Crippen LogP contribution < -0.4 is 5.32 Å². The Balaban J connectivity index is 1.69. The van der Waals surface area contributed by atoms with Crippen molar-refractivity contribution < 1.29 is 0 Å². The van der Waals surface area contributed by atoms with Gasteiger partial charge in [-0.15, -0.1) is 0 Å². The second-order valence-corrected chi connectivity index (χ2v) is 7.36. The van der Waals surface area contributed by atoms with Gasteiger partial charge in [-0.25, -0.2) is 0 Å². The molecule has 4 aliphatic rings. The van der Waals surface area contributed by atoms with Crippen molar-refractivity contribution in [2.24, 2.45) is 29.6 Å². The van der Waals surface area contributed by atoms with Crippen LogP contribution in [0.5, 0.6) is 0 Å². The van der Waals surface area contributed by atoms with Gasteiger partial charge in [-0.3, -0.25) is 0 Å². The fourth-order valence-electron chi connectivity index (χ4n) is 5.70. The van der Waals surface area contributed by atoms with E-state index in [4.69, 9.17) is 0 Å². The molecule has 1 unspecified atom stereocenters. The van der Waals surface area contributed by atoms with Crippen LogP contribution in [0.25, 0.3) is 0 Å². The molecular weight excluding hydrogens is 218 g/mol. The number of nitrogens with one attached hydrogen (secondary N) is 1. The molecule has 18 heavy (non-hydrogen) atoms. The van der Waals surface area contributed by atoms with Gasteiger partial charge < -0.3 is 5.32 Å². The third-order valence-electron chi connectivity index (χ3n) is 6.02. The predicted molar refractivity (Wildman–Crippen MR) is 77.5 cm³/mol. The van der Waals surface area contributed by atoms with Crippen molar-refractivity contribution in [2.75, 3.05) is 6.54 Å². The highest BCUT2D eigenvalue weighted by Crippen LogP contribution is 2.57. The molecule has 104 valence electrons. The molecule has 0 saturated heterocycles. The van der Waals surface area contributed by atoms with Crippen LogP contribution in [-0.4, -0.2) is 12.6 Å². The first kappa shape index (κ1) is 13.0. The molecule has 1 heteroatoms. The standard InChI is InChI=1S/C17H31N/c1-3-5-16(18-6-4-2)17-14-8-12-7-13(10-14)11-15(17)9-12/h12-18H,3-11H2,1-2H3. The van der Waals surface area contributed by atoms with Gasteiger partial charge >= 0.3 is 0 Å². The second kappa shape index (κ2) is 5.53. The highest BCUT2D eigenvalue weighted by atomic mass is 14.9. The van der Waals surface area contributed by atoms with Crippen molar-refractivity contribution in [1.29, 1.82) is 0 Å². The Labute approximate surface area is 113 Å². The van der Waals surface area contributed by atoms with Crippen LogP contribution in [0.2, 0.25) is 0 Å². The van der Waals surface area contributed by atoms with Crippen LogP contribution in [0.1, 0.15) is 65.2 Å². The average Bonchev–Trinajstić information content (AvgIpc) is 2.34. The Morgan fingerprint density at radius 1 is 0.889 bits per heavy atom. The summed E-state index contributed by atoms with van der Waals surface area (Å²) in [6, 6.07) is 0.838. The first-order valence-corrected chi connectivity index (χ1v) is 8.55. The summed E-state index contributed by atoms with van der Waals surface area (Å²) in [6.45, 7) is 5.89. The molecule has 1 N–H and O–H groups in total. The molecule has 4 rings (SSSR count). The second-order valence-electron chi connectivity index (χ2n) is 7.36. The predicted octanol–water partition coefficient (Wildman–Crippen LogP) is 4.23.